The monoisotopic (exact) mass is 470 g/mol. The molecule has 1 amide bonds. The van der Waals surface area contributed by atoms with Crippen LogP contribution in [0.4, 0.5) is 5.69 Å². The Labute approximate surface area is 181 Å². The highest BCUT2D eigenvalue weighted by molar-refractivity contribution is 9.10. The predicted octanol–water partition coefficient (Wildman–Crippen LogP) is 4.54. The van der Waals surface area contributed by atoms with Gasteiger partial charge in [-0.05, 0) is 44.2 Å². The fourth-order valence-electron chi connectivity index (χ4n) is 3.14. The van der Waals surface area contributed by atoms with E-state index < -0.39 is 10.8 Å². The lowest BCUT2D eigenvalue weighted by molar-refractivity contribution is -0.384. The molecule has 30 heavy (non-hydrogen) atoms. The number of halogens is 1. The molecule has 0 bridgehead atoms. The van der Waals surface area contributed by atoms with Crippen LogP contribution in [0.2, 0.25) is 0 Å². The van der Waals surface area contributed by atoms with Crippen molar-refractivity contribution in [2.24, 2.45) is 5.10 Å². The maximum atomic E-state index is 12.5. The van der Waals surface area contributed by atoms with Crippen LogP contribution in [-0.4, -0.2) is 28.7 Å². The van der Waals surface area contributed by atoms with Gasteiger partial charge in [-0.15, -0.1) is 0 Å². The number of methoxy groups -OCH3 is 1. The predicted molar refractivity (Wildman–Crippen MR) is 118 cm³/mol. The number of aromatic nitrogens is 1. The molecule has 0 fully saturated rings. The molecule has 0 atom stereocenters. The number of non-ortho nitro benzene ring substituents is 1. The lowest BCUT2D eigenvalue weighted by Crippen LogP contribution is -2.18. The zero-order valence-corrected chi connectivity index (χ0v) is 18.1. The first-order chi connectivity index (χ1) is 14.3. The molecule has 3 rings (SSSR count). The fourth-order valence-corrected chi connectivity index (χ4v) is 3.50. The number of hydrazone groups is 1. The average molecular weight is 471 g/mol. The van der Waals surface area contributed by atoms with E-state index in [-0.39, 0.29) is 5.69 Å². The Hall–Kier alpha value is -3.46. The highest BCUT2D eigenvalue weighted by Crippen LogP contribution is 2.24. The van der Waals surface area contributed by atoms with E-state index in [1.54, 1.807) is 36.5 Å². The van der Waals surface area contributed by atoms with Gasteiger partial charge in [0.05, 0.1) is 29.5 Å². The molecule has 0 aliphatic carbocycles. The molecule has 0 saturated carbocycles. The number of carbonyl (C=O) groups is 1. The van der Waals surface area contributed by atoms with E-state index in [0.29, 0.717) is 17.0 Å². The molecule has 0 aliphatic rings. The summed E-state index contributed by atoms with van der Waals surface area (Å²) in [6, 6.07) is 13.4. The van der Waals surface area contributed by atoms with Crippen LogP contribution in [-0.2, 0) is 0 Å². The van der Waals surface area contributed by atoms with Gasteiger partial charge in [0.25, 0.3) is 11.6 Å². The van der Waals surface area contributed by atoms with Gasteiger partial charge in [0.2, 0.25) is 0 Å². The van der Waals surface area contributed by atoms with Gasteiger partial charge in [0.15, 0.2) is 0 Å². The van der Waals surface area contributed by atoms with Crippen LogP contribution in [0.5, 0.6) is 5.75 Å². The molecule has 3 aromatic rings. The number of hydrogen-bond donors (Lipinski definition) is 1. The number of amides is 1. The van der Waals surface area contributed by atoms with Gasteiger partial charge in [-0.2, -0.15) is 5.10 Å². The average Bonchev–Trinajstić information content (AvgIpc) is 3.01. The minimum absolute atomic E-state index is 0.0189. The largest absolute Gasteiger partial charge is 0.496 e. The first-order valence-corrected chi connectivity index (χ1v) is 9.72. The highest BCUT2D eigenvalue weighted by Gasteiger charge is 2.14. The van der Waals surface area contributed by atoms with E-state index in [9.17, 15) is 14.9 Å². The summed E-state index contributed by atoms with van der Waals surface area (Å²) in [6.07, 6.45) is 1.54. The van der Waals surface area contributed by atoms with Crippen LogP contribution in [0.25, 0.3) is 5.69 Å². The van der Waals surface area contributed by atoms with Gasteiger partial charge in [0, 0.05) is 33.6 Å². The van der Waals surface area contributed by atoms with Gasteiger partial charge in [-0.1, -0.05) is 22.0 Å². The third kappa shape index (κ3) is 4.41. The summed E-state index contributed by atoms with van der Waals surface area (Å²) in [4.78, 5) is 23.1. The van der Waals surface area contributed by atoms with Gasteiger partial charge < -0.3 is 9.30 Å². The van der Waals surface area contributed by atoms with Crippen molar-refractivity contribution in [1.82, 2.24) is 9.99 Å². The SMILES string of the molecule is COc1ccc(Br)cc1C(=O)N/N=C/c1cc(C)n(-c2cccc([N+](=O)[O-])c2)c1C. The zero-order valence-electron chi connectivity index (χ0n) is 16.5. The summed E-state index contributed by atoms with van der Waals surface area (Å²) < 4.78 is 7.86. The first-order valence-electron chi connectivity index (χ1n) is 8.92. The molecule has 1 aromatic heterocycles. The topological polar surface area (TPSA) is 98.8 Å². The minimum Gasteiger partial charge on any atom is -0.496 e. The van der Waals surface area contributed by atoms with E-state index in [0.717, 1.165) is 21.4 Å². The highest BCUT2D eigenvalue weighted by atomic mass is 79.9. The number of nitro benzene ring substituents is 1. The second kappa shape index (κ2) is 8.91. The number of nitrogens with zero attached hydrogens (tertiary/aromatic N) is 3. The van der Waals surface area contributed by atoms with Crippen LogP contribution in [0.3, 0.4) is 0 Å². The molecule has 0 radical (unpaired) electrons. The molecule has 0 spiro atoms. The van der Waals surface area contributed by atoms with E-state index >= 15 is 0 Å². The molecule has 0 aliphatic heterocycles. The molecule has 0 saturated heterocycles. The lowest BCUT2D eigenvalue weighted by atomic mass is 10.2. The minimum atomic E-state index is -0.425. The molecule has 154 valence electrons. The molecule has 1 N–H and O–H groups in total. The van der Waals surface area contributed by atoms with Crippen molar-refractivity contribution in [3.8, 4) is 11.4 Å². The Morgan fingerprint density at radius 3 is 2.70 bits per heavy atom. The summed E-state index contributed by atoms with van der Waals surface area (Å²) in [5, 5.41) is 15.1. The van der Waals surface area contributed by atoms with E-state index in [2.05, 4.69) is 26.5 Å². The Balaban J connectivity index is 1.83. The normalized spacial score (nSPS) is 10.9. The van der Waals surface area contributed by atoms with Crippen molar-refractivity contribution < 1.29 is 14.5 Å². The number of benzene rings is 2. The lowest BCUT2D eigenvalue weighted by Gasteiger charge is -2.09. The van der Waals surface area contributed by atoms with Crippen molar-refractivity contribution >= 4 is 33.7 Å². The van der Waals surface area contributed by atoms with Crippen molar-refractivity contribution in [2.45, 2.75) is 13.8 Å². The standard InChI is InChI=1S/C21H19BrN4O4/c1-13-9-15(14(2)25(13)17-5-4-6-18(11-17)26(28)29)12-23-24-21(27)19-10-16(22)7-8-20(19)30-3/h4-12H,1-3H3,(H,24,27)/b23-12+. The van der Waals surface area contributed by atoms with E-state index in [1.165, 1.54) is 19.2 Å². The van der Waals surface area contributed by atoms with Crippen LogP contribution < -0.4 is 10.2 Å². The number of aryl methyl sites for hydroxylation is 1. The second-order valence-corrected chi connectivity index (χ2v) is 7.40. The number of carbonyl (C=O) groups excluding carboxylic acids is 1. The fraction of sp³-hybridized carbons (Fsp3) is 0.143. The number of nitro groups is 1. The summed E-state index contributed by atoms with van der Waals surface area (Å²) in [5.41, 5.74) is 6.06. The first kappa shape index (κ1) is 21.3. The van der Waals surface area contributed by atoms with E-state index in [4.69, 9.17) is 4.74 Å². The Kier molecular flexibility index (Phi) is 6.31. The molecular weight excluding hydrogens is 452 g/mol. The summed E-state index contributed by atoms with van der Waals surface area (Å²) >= 11 is 3.34. The van der Waals surface area contributed by atoms with Crippen molar-refractivity contribution in [1.29, 1.82) is 0 Å². The molecular formula is C21H19BrN4O4. The maximum Gasteiger partial charge on any atom is 0.275 e. The number of nitrogens with one attached hydrogen (secondary N) is 1. The van der Waals surface area contributed by atoms with E-state index in [1.807, 2.05) is 24.5 Å². The maximum absolute atomic E-state index is 12.5. The van der Waals surface area contributed by atoms with Crippen molar-refractivity contribution in [3.05, 3.63) is 85.6 Å². The number of ether oxygens (including phenoxy) is 1. The van der Waals surface area contributed by atoms with Crippen molar-refractivity contribution in [3.63, 3.8) is 0 Å². The third-order valence-electron chi connectivity index (χ3n) is 4.54. The Bertz CT molecular complexity index is 1150. The second-order valence-electron chi connectivity index (χ2n) is 6.48. The zero-order chi connectivity index (χ0) is 21.8. The number of rotatable bonds is 6. The molecule has 2 aromatic carbocycles. The Morgan fingerprint density at radius 1 is 1.23 bits per heavy atom. The summed E-state index contributed by atoms with van der Waals surface area (Å²) in [5.74, 6) is 0.0339. The summed E-state index contributed by atoms with van der Waals surface area (Å²) in [7, 11) is 1.49. The summed E-state index contributed by atoms with van der Waals surface area (Å²) in [6.45, 7) is 3.78. The van der Waals surface area contributed by atoms with Gasteiger partial charge in [0.1, 0.15) is 5.75 Å². The third-order valence-corrected chi connectivity index (χ3v) is 5.04. The van der Waals surface area contributed by atoms with Crippen molar-refractivity contribution in [2.75, 3.05) is 7.11 Å². The molecule has 8 nitrogen and oxygen atoms in total. The van der Waals surface area contributed by atoms with Crippen LogP contribution in [0.1, 0.15) is 27.3 Å². The quantitative estimate of drug-likeness (QED) is 0.324. The van der Waals surface area contributed by atoms with Gasteiger partial charge in [-0.3, -0.25) is 14.9 Å². The van der Waals surface area contributed by atoms with Crippen LogP contribution >= 0.6 is 15.9 Å². The smallest absolute Gasteiger partial charge is 0.275 e. The molecule has 0 unspecified atom stereocenters. The van der Waals surface area contributed by atoms with Crippen LogP contribution in [0, 0.1) is 24.0 Å². The van der Waals surface area contributed by atoms with Gasteiger partial charge >= 0.3 is 0 Å². The number of hydrogen-bond acceptors (Lipinski definition) is 5. The Morgan fingerprint density at radius 2 is 2.00 bits per heavy atom. The van der Waals surface area contributed by atoms with Crippen LogP contribution in [0.15, 0.2) is 58.1 Å². The molecule has 1 heterocycles. The van der Waals surface area contributed by atoms with Gasteiger partial charge in [-0.25, -0.2) is 5.43 Å². The molecule has 9 heteroatoms.